The molecule has 0 aliphatic rings. The summed E-state index contributed by atoms with van der Waals surface area (Å²) < 4.78 is 43.3. The molecule has 0 bridgehead atoms. The van der Waals surface area contributed by atoms with Gasteiger partial charge in [0, 0.05) is 10.0 Å². The lowest BCUT2D eigenvalue weighted by Gasteiger charge is -2.18. The van der Waals surface area contributed by atoms with Crippen molar-refractivity contribution in [2.75, 3.05) is 0 Å². The van der Waals surface area contributed by atoms with Gasteiger partial charge in [-0.15, -0.1) is 9.46 Å². The van der Waals surface area contributed by atoms with E-state index < -0.39 is 19.7 Å². The van der Waals surface area contributed by atoms with Crippen LogP contribution in [0.2, 0.25) is 0 Å². The molecule has 3 rings (SSSR count). The predicted octanol–water partition coefficient (Wildman–Crippen LogP) is 7.15. The van der Waals surface area contributed by atoms with Crippen LogP contribution < -0.4 is 0 Å². The summed E-state index contributed by atoms with van der Waals surface area (Å²) in [7, 11) is -4.49. The molecule has 0 spiro atoms. The number of benzene rings is 3. The van der Waals surface area contributed by atoms with E-state index in [4.69, 9.17) is 0 Å². The largest absolute Gasteiger partial charge is 0.399 e. The molecule has 0 amide bonds. The van der Waals surface area contributed by atoms with E-state index in [-0.39, 0.29) is 5.78 Å². The summed E-state index contributed by atoms with van der Waals surface area (Å²) in [6.07, 6.45) is -0.167. The maximum atomic E-state index is 13.2. The SMILES string of the molecule is O=C(c1ccccc1)C(Cc1ccc(CP(=O)(OF)OF)c(Br)c1)c1ccccc1. The molecule has 4 nitrogen and oxygen atoms in total. The van der Waals surface area contributed by atoms with E-state index in [1.54, 1.807) is 30.3 Å². The van der Waals surface area contributed by atoms with Crippen LogP contribution in [-0.2, 0) is 26.6 Å². The zero-order valence-electron chi connectivity index (χ0n) is 15.7. The molecule has 0 aromatic heterocycles. The first-order chi connectivity index (χ1) is 14.5. The summed E-state index contributed by atoms with van der Waals surface area (Å²) in [5.41, 5.74) is 2.67. The summed E-state index contributed by atoms with van der Waals surface area (Å²) in [5, 5.41) is 0. The zero-order valence-corrected chi connectivity index (χ0v) is 18.2. The second kappa shape index (κ2) is 10.2. The van der Waals surface area contributed by atoms with Crippen LogP contribution in [0, 0.1) is 0 Å². The van der Waals surface area contributed by atoms with E-state index in [0.29, 0.717) is 22.0 Å². The summed E-state index contributed by atoms with van der Waals surface area (Å²) in [5.74, 6) is -0.427. The molecular weight excluding hydrogens is 477 g/mol. The molecule has 3 aromatic rings. The topological polar surface area (TPSA) is 52.6 Å². The van der Waals surface area contributed by atoms with Crippen molar-refractivity contribution in [3.63, 3.8) is 0 Å². The fourth-order valence-corrected chi connectivity index (χ4v) is 4.80. The van der Waals surface area contributed by atoms with Gasteiger partial charge in [-0.25, -0.2) is 0 Å². The van der Waals surface area contributed by atoms with E-state index in [2.05, 4.69) is 25.4 Å². The second-order valence-electron chi connectivity index (χ2n) is 6.73. The highest BCUT2D eigenvalue weighted by Gasteiger charge is 2.29. The predicted molar refractivity (Wildman–Crippen MR) is 113 cm³/mol. The highest BCUT2D eigenvalue weighted by atomic mass is 79.9. The van der Waals surface area contributed by atoms with Gasteiger partial charge in [-0.05, 0) is 38.2 Å². The van der Waals surface area contributed by atoms with E-state index in [0.717, 1.165) is 11.1 Å². The minimum atomic E-state index is -4.49. The van der Waals surface area contributed by atoms with Crippen molar-refractivity contribution in [1.29, 1.82) is 0 Å². The van der Waals surface area contributed by atoms with E-state index in [9.17, 15) is 18.4 Å². The van der Waals surface area contributed by atoms with Gasteiger partial charge in [0.15, 0.2) is 5.78 Å². The molecule has 0 saturated heterocycles. The van der Waals surface area contributed by atoms with Crippen molar-refractivity contribution in [3.8, 4) is 0 Å². The lowest BCUT2D eigenvalue weighted by atomic mass is 9.85. The summed E-state index contributed by atoms with van der Waals surface area (Å²) in [6, 6.07) is 23.5. The Labute approximate surface area is 181 Å². The third kappa shape index (κ3) is 5.49. The molecule has 0 fully saturated rings. The first kappa shape index (κ1) is 22.5. The first-order valence-electron chi connectivity index (χ1n) is 9.07. The van der Waals surface area contributed by atoms with Gasteiger partial charge in [0.2, 0.25) is 0 Å². The smallest absolute Gasteiger partial charge is 0.293 e. The number of hydrogen-bond acceptors (Lipinski definition) is 4. The molecule has 0 aliphatic carbocycles. The van der Waals surface area contributed by atoms with Crippen LogP contribution in [0.25, 0.3) is 0 Å². The summed E-state index contributed by atoms with van der Waals surface area (Å²) in [6.45, 7) is 0. The third-order valence-corrected chi connectivity index (χ3v) is 6.60. The summed E-state index contributed by atoms with van der Waals surface area (Å²) >= 11 is 3.32. The van der Waals surface area contributed by atoms with Gasteiger partial charge in [-0.1, -0.05) is 88.7 Å². The number of hydrogen-bond donors (Lipinski definition) is 0. The average Bonchev–Trinajstić information content (AvgIpc) is 2.80. The standard InChI is InChI=1S/C22H18BrF2O4P/c23-21-14-16(11-12-19(21)15-30(27,28-24)29-25)13-20(17-7-3-1-4-8-17)22(26)18-9-5-2-6-10-18/h1-12,14,20H,13,15H2. The van der Waals surface area contributed by atoms with Crippen LogP contribution in [0.5, 0.6) is 0 Å². The lowest BCUT2D eigenvalue weighted by Crippen LogP contribution is -2.16. The Kier molecular flexibility index (Phi) is 7.67. The molecule has 0 radical (unpaired) electrons. The van der Waals surface area contributed by atoms with Gasteiger partial charge in [0.1, 0.15) is 0 Å². The molecule has 30 heavy (non-hydrogen) atoms. The van der Waals surface area contributed by atoms with Gasteiger partial charge in [0.05, 0.1) is 12.1 Å². The van der Waals surface area contributed by atoms with E-state index in [1.807, 2.05) is 48.5 Å². The van der Waals surface area contributed by atoms with Crippen molar-refractivity contribution in [2.24, 2.45) is 0 Å². The quantitative estimate of drug-likeness (QED) is 0.234. The fourth-order valence-electron chi connectivity index (χ4n) is 3.20. The molecular formula is C22H18BrF2O4P. The van der Waals surface area contributed by atoms with Crippen molar-refractivity contribution < 1.29 is 27.9 Å². The number of carbonyl (C=O) groups excluding carboxylic acids is 1. The average molecular weight is 495 g/mol. The second-order valence-corrected chi connectivity index (χ2v) is 9.40. The molecule has 0 N–H and O–H groups in total. The maximum absolute atomic E-state index is 13.2. The van der Waals surface area contributed by atoms with Gasteiger partial charge in [-0.2, -0.15) is 0 Å². The minimum Gasteiger partial charge on any atom is -0.293 e. The lowest BCUT2D eigenvalue weighted by molar-refractivity contribution is -0.0881. The molecule has 0 aliphatic heterocycles. The van der Waals surface area contributed by atoms with Crippen LogP contribution in [0.15, 0.2) is 83.3 Å². The van der Waals surface area contributed by atoms with Gasteiger partial charge in [0.25, 0.3) is 0 Å². The highest BCUT2D eigenvalue weighted by molar-refractivity contribution is 9.10. The summed E-state index contributed by atoms with van der Waals surface area (Å²) in [4.78, 5) is 13.2. The van der Waals surface area contributed by atoms with Crippen LogP contribution in [0.1, 0.15) is 33.0 Å². The maximum Gasteiger partial charge on any atom is 0.399 e. The zero-order chi connectivity index (χ0) is 21.6. The van der Waals surface area contributed by atoms with Crippen LogP contribution in [-0.4, -0.2) is 5.78 Å². The minimum absolute atomic E-state index is 0.0110. The van der Waals surface area contributed by atoms with Crippen LogP contribution >= 0.6 is 23.5 Å². The first-order valence-corrected chi connectivity index (χ1v) is 11.6. The molecule has 8 heteroatoms. The Morgan fingerprint density at radius 1 is 0.933 bits per heavy atom. The number of Topliss-reactive ketones (excluding diaryl/α,β-unsaturated/α-hetero) is 1. The fraction of sp³-hybridized carbons (Fsp3) is 0.136. The Balaban J connectivity index is 1.89. The number of rotatable bonds is 9. The number of ketones is 1. The van der Waals surface area contributed by atoms with Crippen molar-refractivity contribution >= 4 is 29.3 Å². The Hall–Kier alpha value is -2.18. The molecule has 156 valence electrons. The highest BCUT2D eigenvalue weighted by Crippen LogP contribution is 2.53. The van der Waals surface area contributed by atoms with Crippen LogP contribution in [0.4, 0.5) is 9.05 Å². The Bertz CT molecular complexity index is 1040. The molecule has 1 atom stereocenters. The van der Waals surface area contributed by atoms with Gasteiger partial charge in [-0.3, -0.25) is 9.36 Å². The van der Waals surface area contributed by atoms with Crippen LogP contribution in [0.3, 0.4) is 0 Å². The normalized spacial score (nSPS) is 12.5. The van der Waals surface area contributed by atoms with Crippen molar-refractivity contribution in [3.05, 3.63) is 106 Å². The Morgan fingerprint density at radius 3 is 2.10 bits per heavy atom. The van der Waals surface area contributed by atoms with E-state index in [1.165, 1.54) is 0 Å². The van der Waals surface area contributed by atoms with Crippen molar-refractivity contribution in [1.82, 2.24) is 0 Å². The number of halogens is 3. The van der Waals surface area contributed by atoms with Gasteiger partial charge >= 0.3 is 7.60 Å². The molecule has 0 saturated carbocycles. The monoisotopic (exact) mass is 494 g/mol. The molecule has 0 heterocycles. The van der Waals surface area contributed by atoms with Crippen molar-refractivity contribution in [2.45, 2.75) is 18.5 Å². The molecule has 3 aromatic carbocycles. The third-order valence-electron chi connectivity index (χ3n) is 4.71. The Morgan fingerprint density at radius 2 is 1.53 bits per heavy atom. The number of carbonyl (C=O) groups is 1. The molecule has 1 unspecified atom stereocenters. The van der Waals surface area contributed by atoms with E-state index >= 15 is 0 Å². The van der Waals surface area contributed by atoms with Gasteiger partial charge < -0.3 is 0 Å².